The normalized spacial score (nSPS) is 12.3. The van der Waals surface area contributed by atoms with Gasteiger partial charge < -0.3 is 14.4 Å². The SMILES string of the molecule is O=C(O)COC(Cn1ccnc1)c1ccc(Cl)cc1Cl. The van der Waals surface area contributed by atoms with Crippen LogP contribution in [0.1, 0.15) is 11.7 Å². The molecular weight excluding hydrogens is 303 g/mol. The smallest absolute Gasteiger partial charge is 0.329 e. The van der Waals surface area contributed by atoms with E-state index in [0.717, 1.165) is 0 Å². The maximum Gasteiger partial charge on any atom is 0.329 e. The number of carboxylic acids is 1. The Hall–Kier alpha value is -1.56. The lowest BCUT2D eigenvalue weighted by Crippen LogP contribution is -2.17. The number of ether oxygens (including phenoxy) is 1. The number of halogens is 2. The molecule has 0 radical (unpaired) electrons. The monoisotopic (exact) mass is 314 g/mol. The summed E-state index contributed by atoms with van der Waals surface area (Å²) in [5.74, 6) is -1.04. The van der Waals surface area contributed by atoms with Crippen LogP contribution in [-0.2, 0) is 16.1 Å². The van der Waals surface area contributed by atoms with Gasteiger partial charge in [-0.15, -0.1) is 0 Å². The van der Waals surface area contributed by atoms with E-state index < -0.39 is 18.7 Å². The number of hydrogen-bond donors (Lipinski definition) is 1. The summed E-state index contributed by atoms with van der Waals surface area (Å²) in [5.41, 5.74) is 0.686. The average Bonchev–Trinajstić information content (AvgIpc) is 2.87. The van der Waals surface area contributed by atoms with Crippen LogP contribution in [0.25, 0.3) is 0 Å². The first-order valence-electron chi connectivity index (χ1n) is 5.80. The lowest BCUT2D eigenvalue weighted by atomic mass is 10.1. The van der Waals surface area contributed by atoms with Gasteiger partial charge in [-0.1, -0.05) is 29.3 Å². The summed E-state index contributed by atoms with van der Waals surface area (Å²) >= 11 is 12.0. The number of nitrogens with zero attached hydrogens (tertiary/aromatic N) is 2. The molecule has 0 aliphatic rings. The van der Waals surface area contributed by atoms with Crippen LogP contribution in [0, 0.1) is 0 Å². The van der Waals surface area contributed by atoms with Gasteiger partial charge in [-0.05, 0) is 12.1 Å². The van der Waals surface area contributed by atoms with E-state index in [1.807, 2.05) is 0 Å². The summed E-state index contributed by atoms with van der Waals surface area (Å²) in [6, 6.07) is 5.02. The van der Waals surface area contributed by atoms with E-state index in [-0.39, 0.29) is 0 Å². The van der Waals surface area contributed by atoms with Gasteiger partial charge in [0.1, 0.15) is 12.7 Å². The summed E-state index contributed by atoms with van der Waals surface area (Å²) in [6.07, 6.45) is 4.53. The topological polar surface area (TPSA) is 64.3 Å². The lowest BCUT2D eigenvalue weighted by molar-refractivity contribution is -0.144. The molecule has 0 fully saturated rings. The molecular formula is C13H12Cl2N2O3. The first kappa shape index (κ1) is 14.8. The molecule has 2 rings (SSSR count). The standard InChI is InChI=1S/C13H12Cl2N2O3/c14-9-1-2-10(11(15)5-9)12(20-7-13(18)19)6-17-4-3-16-8-17/h1-5,8,12H,6-7H2,(H,18,19). The van der Waals surface area contributed by atoms with Gasteiger partial charge in [0.25, 0.3) is 0 Å². The third-order valence-corrected chi connectivity index (χ3v) is 3.22. The van der Waals surface area contributed by atoms with Crippen molar-refractivity contribution < 1.29 is 14.6 Å². The summed E-state index contributed by atoms with van der Waals surface area (Å²) in [7, 11) is 0. The second-order valence-corrected chi connectivity index (χ2v) is 4.96. The molecule has 0 amide bonds. The molecule has 1 atom stereocenters. The third-order valence-electron chi connectivity index (χ3n) is 2.65. The fourth-order valence-electron chi connectivity index (χ4n) is 1.76. The summed E-state index contributed by atoms with van der Waals surface area (Å²) in [5, 5.41) is 9.70. The van der Waals surface area contributed by atoms with Gasteiger partial charge in [-0.2, -0.15) is 0 Å². The van der Waals surface area contributed by atoms with Crippen molar-refractivity contribution in [3.05, 3.63) is 52.5 Å². The van der Waals surface area contributed by atoms with Crippen LogP contribution >= 0.6 is 23.2 Å². The number of carbonyl (C=O) groups is 1. The molecule has 1 aromatic heterocycles. The van der Waals surface area contributed by atoms with Crippen molar-refractivity contribution >= 4 is 29.2 Å². The number of rotatable bonds is 6. The number of hydrogen-bond acceptors (Lipinski definition) is 3. The zero-order valence-electron chi connectivity index (χ0n) is 10.4. The first-order chi connectivity index (χ1) is 9.56. The fourth-order valence-corrected chi connectivity index (χ4v) is 2.29. The second kappa shape index (κ2) is 6.74. The minimum atomic E-state index is -1.04. The zero-order chi connectivity index (χ0) is 14.5. The molecule has 1 heterocycles. The fraction of sp³-hybridized carbons (Fsp3) is 0.231. The average molecular weight is 315 g/mol. The molecule has 1 aromatic carbocycles. The van der Waals surface area contributed by atoms with E-state index in [1.165, 1.54) is 0 Å². The van der Waals surface area contributed by atoms with Gasteiger partial charge in [0.05, 0.1) is 12.9 Å². The second-order valence-electron chi connectivity index (χ2n) is 4.12. The number of carboxylic acid groups (broad SMARTS) is 1. The minimum absolute atomic E-state index is 0.404. The van der Waals surface area contributed by atoms with E-state index in [9.17, 15) is 4.79 Å². The Labute approximate surface area is 125 Å². The highest BCUT2D eigenvalue weighted by molar-refractivity contribution is 6.35. The molecule has 7 heteroatoms. The molecule has 1 N–H and O–H groups in total. The highest BCUT2D eigenvalue weighted by atomic mass is 35.5. The predicted molar refractivity (Wildman–Crippen MR) is 75.0 cm³/mol. The van der Waals surface area contributed by atoms with Gasteiger partial charge in [0.15, 0.2) is 0 Å². The van der Waals surface area contributed by atoms with Crippen LogP contribution in [0.5, 0.6) is 0 Å². The van der Waals surface area contributed by atoms with Crippen molar-refractivity contribution in [3.8, 4) is 0 Å². The number of aliphatic carboxylic acids is 1. The van der Waals surface area contributed by atoms with E-state index >= 15 is 0 Å². The van der Waals surface area contributed by atoms with Crippen molar-refractivity contribution in [2.45, 2.75) is 12.6 Å². The van der Waals surface area contributed by atoms with Crippen LogP contribution in [0.15, 0.2) is 36.9 Å². The molecule has 0 aliphatic carbocycles. The molecule has 0 spiro atoms. The van der Waals surface area contributed by atoms with Crippen molar-refractivity contribution in [1.29, 1.82) is 0 Å². The van der Waals surface area contributed by atoms with E-state index in [2.05, 4.69) is 4.98 Å². The van der Waals surface area contributed by atoms with Crippen molar-refractivity contribution in [1.82, 2.24) is 9.55 Å². The molecule has 20 heavy (non-hydrogen) atoms. The lowest BCUT2D eigenvalue weighted by Gasteiger charge is -2.19. The molecule has 1 unspecified atom stereocenters. The number of aromatic nitrogens is 2. The van der Waals surface area contributed by atoms with Crippen molar-refractivity contribution in [2.75, 3.05) is 6.61 Å². The van der Waals surface area contributed by atoms with E-state index in [1.54, 1.807) is 41.5 Å². The van der Waals surface area contributed by atoms with Crippen LogP contribution in [0.3, 0.4) is 0 Å². The molecule has 0 bridgehead atoms. The summed E-state index contributed by atoms with van der Waals surface area (Å²) in [6.45, 7) is 0.00690. The Morgan fingerprint density at radius 3 is 2.85 bits per heavy atom. The van der Waals surface area contributed by atoms with E-state index in [4.69, 9.17) is 33.0 Å². The maximum absolute atomic E-state index is 10.7. The van der Waals surface area contributed by atoms with Crippen molar-refractivity contribution in [3.63, 3.8) is 0 Å². The van der Waals surface area contributed by atoms with Crippen LogP contribution < -0.4 is 0 Å². The summed E-state index contributed by atoms with van der Waals surface area (Å²) in [4.78, 5) is 14.6. The Balaban J connectivity index is 2.22. The van der Waals surface area contributed by atoms with Crippen LogP contribution in [-0.4, -0.2) is 27.2 Å². The minimum Gasteiger partial charge on any atom is -0.480 e. The Bertz CT molecular complexity index is 587. The van der Waals surface area contributed by atoms with Gasteiger partial charge in [0.2, 0.25) is 0 Å². The Kier molecular flexibility index (Phi) is 5.00. The highest BCUT2D eigenvalue weighted by Gasteiger charge is 2.17. The number of imidazole rings is 1. The Morgan fingerprint density at radius 1 is 1.45 bits per heavy atom. The van der Waals surface area contributed by atoms with Crippen LogP contribution in [0.4, 0.5) is 0 Å². The van der Waals surface area contributed by atoms with Gasteiger partial charge >= 0.3 is 5.97 Å². The number of benzene rings is 1. The zero-order valence-corrected chi connectivity index (χ0v) is 11.9. The molecule has 106 valence electrons. The van der Waals surface area contributed by atoms with Crippen molar-refractivity contribution in [2.24, 2.45) is 0 Å². The molecule has 5 nitrogen and oxygen atoms in total. The predicted octanol–water partition coefficient (Wildman–Crippen LogP) is 3.03. The Morgan fingerprint density at radius 2 is 2.25 bits per heavy atom. The van der Waals surface area contributed by atoms with Gasteiger partial charge in [0, 0.05) is 28.0 Å². The summed E-state index contributed by atoms with van der Waals surface area (Å²) < 4.78 is 7.20. The van der Waals surface area contributed by atoms with Crippen LogP contribution in [0.2, 0.25) is 10.0 Å². The molecule has 2 aromatic rings. The van der Waals surface area contributed by atoms with E-state index in [0.29, 0.717) is 22.2 Å². The maximum atomic E-state index is 10.7. The van der Waals surface area contributed by atoms with Gasteiger partial charge in [-0.3, -0.25) is 0 Å². The largest absolute Gasteiger partial charge is 0.480 e. The van der Waals surface area contributed by atoms with Gasteiger partial charge in [-0.25, -0.2) is 9.78 Å². The molecule has 0 saturated heterocycles. The third kappa shape index (κ3) is 3.96. The molecule has 0 aliphatic heterocycles. The molecule has 0 saturated carbocycles. The quantitative estimate of drug-likeness (QED) is 0.890. The highest BCUT2D eigenvalue weighted by Crippen LogP contribution is 2.29. The first-order valence-corrected chi connectivity index (χ1v) is 6.56.